The van der Waals surface area contributed by atoms with Crippen LogP contribution in [-0.4, -0.2) is 25.0 Å². The maximum atomic E-state index is 14.0. The maximum Gasteiger partial charge on any atom is 0.335 e. The quantitative estimate of drug-likeness (QED) is 0.767. The summed E-state index contributed by atoms with van der Waals surface area (Å²) >= 11 is 0. The molecule has 2 aliphatic heterocycles. The summed E-state index contributed by atoms with van der Waals surface area (Å²) in [5, 5.41) is 0. The Kier molecular flexibility index (Phi) is 3.90. The molecule has 1 amide bonds. The molecule has 2 atom stereocenters. The first-order chi connectivity index (χ1) is 13.7. The van der Waals surface area contributed by atoms with Crippen LogP contribution in [0, 0.1) is 0 Å². The molecule has 0 saturated heterocycles. The van der Waals surface area contributed by atoms with E-state index in [-0.39, 0.29) is 17.8 Å². The number of para-hydroxylation sites is 1. The Hall–Kier alpha value is -2.88. The number of benzene rings is 2. The van der Waals surface area contributed by atoms with Gasteiger partial charge in [-0.1, -0.05) is 54.6 Å². The lowest BCUT2D eigenvalue weighted by Gasteiger charge is -2.33. The Labute approximate surface area is 164 Å². The summed E-state index contributed by atoms with van der Waals surface area (Å²) in [6, 6.07) is 16.3. The number of carbonyl (C=O) groups is 2. The number of fused-ring (bicyclic) bond motifs is 1. The zero-order chi connectivity index (χ0) is 19.3. The van der Waals surface area contributed by atoms with Gasteiger partial charge in [-0.3, -0.25) is 4.79 Å². The molecule has 2 aromatic carbocycles. The zero-order valence-electron chi connectivity index (χ0n) is 16.0. The number of hydrogen-bond acceptors (Lipinski definition) is 3. The Bertz CT molecular complexity index is 994. The SMILES string of the molecule is CCOC(=O)C1=CC[C@H](c2ccccc2)[C@@]12C(=O)N1CCCc3cccc2c31. The van der Waals surface area contributed by atoms with Crippen LogP contribution in [-0.2, 0) is 26.2 Å². The van der Waals surface area contributed by atoms with Gasteiger partial charge in [-0.15, -0.1) is 0 Å². The Morgan fingerprint density at radius 1 is 1.18 bits per heavy atom. The van der Waals surface area contributed by atoms with Crippen molar-refractivity contribution in [3.05, 3.63) is 76.9 Å². The molecule has 3 aliphatic rings. The molecule has 0 radical (unpaired) electrons. The van der Waals surface area contributed by atoms with Gasteiger partial charge in [-0.2, -0.15) is 0 Å². The molecule has 4 nitrogen and oxygen atoms in total. The van der Waals surface area contributed by atoms with E-state index in [0.717, 1.165) is 29.7 Å². The topological polar surface area (TPSA) is 46.6 Å². The number of rotatable bonds is 3. The van der Waals surface area contributed by atoms with Crippen molar-refractivity contribution in [3.8, 4) is 0 Å². The second kappa shape index (κ2) is 6.33. The third-order valence-electron chi connectivity index (χ3n) is 6.43. The van der Waals surface area contributed by atoms with Crippen LogP contribution in [0.5, 0.6) is 0 Å². The van der Waals surface area contributed by atoms with E-state index in [1.54, 1.807) is 6.92 Å². The van der Waals surface area contributed by atoms with Crippen LogP contribution in [0.3, 0.4) is 0 Å². The van der Waals surface area contributed by atoms with Gasteiger partial charge in [0.15, 0.2) is 0 Å². The first-order valence-corrected chi connectivity index (χ1v) is 10.1. The highest BCUT2D eigenvalue weighted by molar-refractivity contribution is 6.17. The molecule has 0 saturated carbocycles. The van der Waals surface area contributed by atoms with Crippen molar-refractivity contribution in [1.82, 2.24) is 0 Å². The number of esters is 1. The van der Waals surface area contributed by atoms with Crippen LogP contribution < -0.4 is 4.90 Å². The average Bonchev–Trinajstić information content (AvgIpc) is 3.24. The lowest BCUT2D eigenvalue weighted by molar-refractivity contribution is -0.140. The number of aryl methyl sites for hydroxylation is 1. The van der Waals surface area contributed by atoms with Crippen LogP contribution in [0.15, 0.2) is 60.2 Å². The van der Waals surface area contributed by atoms with Crippen LogP contribution in [0.1, 0.15) is 42.4 Å². The minimum Gasteiger partial charge on any atom is -0.463 e. The number of ether oxygens (including phenoxy) is 1. The number of carbonyl (C=O) groups excluding carboxylic acids is 2. The van der Waals surface area contributed by atoms with E-state index in [1.165, 1.54) is 5.56 Å². The molecule has 0 N–H and O–H groups in total. The summed E-state index contributed by atoms with van der Waals surface area (Å²) in [5.74, 6) is -0.440. The van der Waals surface area contributed by atoms with Crippen molar-refractivity contribution in [2.75, 3.05) is 18.1 Å². The number of anilines is 1. The minimum atomic E-state index is -0.983. The molecular weight excluding hydrogens is 350 g/mol. The molecule has 4 heteroatoms. The summed E-state index contributed by atoms with van der Waals surface area (Å²) in [4.78, 5) is 28.9. The van der Waals surface area contributed by atoms with Crippen molar-refractivity contribution in [1.29, 1.82) is 0 Å². The van der Waals surface area contributed by atoms with Gasteiger partial charge < -0.3 is 9.64 Å². The molecule has 0 fully saturated rings. The van der Waals surface area contributed by atoms with E-state index in [4.69, 9.17) is 4.74 Å². The number of hydrogen-bond donors (Lipinski definition) is 0. The van der Waals surface area contributed by atoms with Crippen molar-refractivity contribution in [3.63, 3.8) is 0 Å². The zero-order valence-corrected chi connectivity index (χ0v) is 16.0. The predicted octanol–water partition coefficient (Wildman–Crippen LogP) is 3.89. The fourth-order valence-electron chi connectivity index (χ4n) is 5.38. The van der Waals surface area contributed by atoms with E-state index in [9.17, 15) is 9.59 Å². The first kappa shape index (κ1) is 17.2. The van der Waals surface area contributed by atoms with Gasteiger partial charge in [-0.05, 0) is 42.9 Å². The fraction of sp³-hybridized carbons (Fsp3) is 0.333. The van der Waals surface area contributed by atoms with Crippen LogP contribution in [0.2, 0.25) is 0 Å². The summed E-state index contributed by atoms with van der Waals surface area (Å²) in [6.07, 6.45) is 4.51. The van der Waals surface area contributed by atoms with Gasteiger partial charge in [0, 0.05) is 12.5 Å². The molecular formula is C24H23NO3. The molecule has 2 aromatic rings. The standard InChI is InChI=1S/C24H23NO3/c1-2-28-22(26)20-14-13-18(16-8-4-3-5-9-16)24(20)19-12-6-10-17-11-7-15-25(21(17)19)23(24)27/h3-6,8-10,12,14,18H,2,7,11,13,15H2,1H3/t18-,24+/m1/s1. The van der Waals surface area contributed by atoms with Crippen molar-refractivity contribution < 1.29 is 14.3 Å². The fourth-order valence-corrected chi connectivity index (χ4v) is 5.38. The smallest absolute Gasteiger partial charge is 0.335 e. The lowest BCUT2D eigenvalue weighted by Crippen LogP contribution is -2.46. The normalized spacial score (nSPS) is 25.0. The molecule has 1 spiro atoms. The molecule has 142 valence electrons. The number of allylic oxidation sites excluding steroid dienone is 1. The summed E-state index contributed by atoms with van der Waals surface area (Å²) in [6.45, 7) is 2.81. The lowest BCUT2D eigenvalue weighted by atomic mass is 9.66. The van der Waals surface area contributed by atoms with E-state index in [0.29, 0.717) is 25.1 Å². The van der Waals surface area contributed by atoms with E-state index in [2.05, 4.69) is 18.2 Å². The van der Waals surface area contributed by atoms with Crippen LogP contribution >= 0.6 is 0 Å². The number of nitrogens with zero attached hydrogens (tertiary/aromatic N) is 1. The molecule has 0 unspecified atom stereocenters. The molecule has 1 aliphatic carbocycles. The summed E-state index contributed by atoms with van der Waals surface area (Å²) < 4.78 is 5.40. The molecule has 0 aromatic heterocycles. The summed E-state index contributed by atoms with van der Waals surface area (Å²) in [5.41, 5.74) is 3.82. The first-order valence-electron chi connectivity index (χ1n) is 10.1. The van der Waals surface area contributed by atoms with Gasteiger partial charge in [0.25, 0.3) is 0 Å². The highest BCUT2D eigenvalue weighted by atomic mass is 16.5. The van der Waals surface area contributed by atoms with E-state index < -0.39 is 5.41 Å². The molecule has 2 heterocycles. The summed E-state index contributed by atoms with van der Waals surface area (Å²) in [7, 11) is 0. The maximum absolute atomic E-state index is 14.0. The monoisotopic (exact) mass is 373 g/mol. The second-order valence-electron chi connectivity index (χ2n) is 7.72. The van der Waals surface area contributed by atoms with Gasteiger partial charge in [0.2, 0.25) is 5.91 Å². The van der Waals surface area contributed by atoms with Gasteiger partial charge >= 0.3 is 5.97 Å². The Morgan fingerprint density at radius 2 is 2.00 bits per heavy atom. The largest absolute Gasteiger partial charge is 0.463 e. The van der Waals surface area contributed by atoms with Gasteiger partial charge in [0.1, 0.15) is 5.41 Å². The predicted molar refractivity (Wildman–Crippen MR) is 107 cm³/mol. The Balaban J connectivity index is 1.77. The average molecular weight is 373 g/mol. The molecule has 5 rings (SSSR count). The van der Waals surface area contributed by atoms with Crippen molar-refractivity contribution in [2.45, 2.75) is 37.5 Å². The van der Waals surface area contributed by atoms with Gasteiger partial charge in [0.05, 0.1) is 17.9 Å². The third-order valence-corrected chi connectivity index (χ3v) is 6.43. The third kappa shape index (κ3) is 2.12. The molecule has 0 bridgehead atoms. The minimum absolute atomic E-state index is 0.0281. The number of amides is 1. The van der Waals surface area contributed by atoms with E-state index in [1.807, 2.05) is 41.3 Å². The highest BCUT2D eigenvalue weighted by Gasteiger charge is 2.62. The van der Waals surface area contributed by atoms with Crippen LogP contribution in [0.4, 0.5) is 5.69 Å². The van der Waals surface area contributed by atoms with Gasteiger partial charge in [-0.25, -0.2) is 4.79 Å². The van der Waals surface area contributed by atoms with Crippen LogP contribution in [0.25, 0.3) is 0 Å². The van der Waals surface area contributed by atoms with Crippen molar-refractivity contribution in [2.24, 2.45) is 0 Å². The van der Waals surface area contributed by atoms with Crippen molar-refractivity contribution >= 4 is 17.6 Å². The molecule has 28 heavy (non-hydrogen) atoms. The Morgan fingerprint density at radius 3 is 2.79 bits per heavy atom. The second-order valence-corrected chi connectivity index (χ2v) is 7.72. The highest BCUT2D eigenvalue weighted by Crippen LogP contribution is 2.60. The van der Waals surface area contributed by atoms with E-state index >= 15 is 0 Å².